The number of nitrogens with zero attached hydrogens (tertiary/aromatic N) is 4. The molecule has 0 aliphatic rings. The molecule has 19 heavy (non-hydrogen) atoms. The van der Waals surface area contributed by atoms with Crippen molar-refractivity contribution in [1.29, 1.82) is 0 Å². The van der Waals surface area contributed by atoms with Gasteiger partial charge < -0.3 is 9.47 Å². The molecule has 1 aromatic carbocycles. The topological polar surface area (TPSA) is 34.0 Å². The van der Waals surface area contributed by atoms with Gasteiger partial charge in [-0.15, -0.1) is 10.2 Å². The smallest absolute Gasteiger partial charge is 0.191 e. The third kappa shape index (κ3) is 4.08. The van der Waals surface area contributed by atoms with Crippen LogP contribution in [0.1, 0.15) is 17.2 Å². The second-order valence-electron chi connectivity index (χ2n) is 4.83. The van der Waals surface area contributed by atoms with Gasteiger partial charge in [0.05, 0.1) is 0 Å². The Morgan fingerprint density at radius 1 is 1.26 bits per heavy atom. The van der Waals surface area contributed by atoms with E-state index in [1.807, 2.05) is 11.6 Å². The maximum absolute atomic E-state index is 4.17. The van der Waals surface area contributed by atoms with E-state index in [-0.39, 0.29) is 0 Å². The lowest BCUT2D eigenvalue weighted by molar-refractivity contribution is 0.398. The summed E-state index contributed by atoms with van der Waals surface area (Å²) in [6.45, 7) is 1.06. The van der Waals surface area contributed by atoms with Gasteiger partial charge in [-0.1, -0.05) is 42.1 Å². The van der Waals surface area contributed by atoms with Crippen LogP contribution in [0.3, 0.4) is 0 Å². The van der Waals surface area contributed by atoms with Crippen LogP contribution >= 0.6 is 11.8 Å². The number of benzene rings is 1. The van der Waals surface area contributed by atoms with E-state index in [0.717, 1.165) is 18.1 Å². The Morgan fingerprint density at radius 3 is 2.58 bits per heavy atom. The van der Waals surface area contributed by atoms with Crippen LogP contribution in [-0.4, -0.2) is 40.3 Å². The predicted molar refractivity (Wildman–Crippen MR) is 79.2 cm³/mol. The van der Waals surface area contributed by atoms with Crippen molar-refractivity contribution in [3.05, 3.63) is 42.2 Å². The Labute approximate surface area is 118 Å². The SMILES string of the molecule is CN(C)CCC(Sc1nncn1C)c1ccccc1. The first-order chi connectivity index (χ1) is 9.16. The first kappa shape index (κ1) is 14.1. The highest BCUT2D eigenvalue weighted by Gasteiger charge is 2.16. The molecule has 0 aliphatic carbocycles. The highest BCUT2D eigenvalue weighted by molar-refractivity contribution is 7.99. The first-order valence-electron chi connectivity index (χ1n) is 6.37. The van der Waals surface area contributed by atoms with Crippen LogP contribution in [0.4, 0.5) is 0 Å². The monoisotopic (exact) mass is 276 g/mol. The Hall–Kier alpha value is -1.33. The quantitative estimate of drug-likeness (QED) is 0.760. The van der Waals surface area contributed by atoms with Crippen molar-refractivity contribution in [2.45, 2.75) is 16.8 Å². The number of hydrogen-bond acceptors (Lipinski definition) is 4. The van der Waals surface area contributed by atoms with Crippen LogP contribution in [0.25, 0.3) is 0 Å². The zero-order valence-corrected chi connectivity index (χ0v) is 12.5. The molecule has 0 radical (unpaired) electrons. The summed E-state index contributed by atoms with van der Waals surface area (Å²) < 4.78 is 1.97. The molecule has 0 saturated carbocycles. The molecule has 1 unspecified atom stereocenters. The fourth-order valence-corrected chi connectivity index (χ4v) is 2.92. The van der Waals surface area contributed by atoms with E-state index in [2.05, 4.69) is 59.5 Å². The minimum absolute atomic E-state index is 0.409. The van der Waals surface area contributed by atoms with Crippen molar-refractivity contribution >= 4 is 11.8 Å². The summed E-state index contributed by atoms with van der Waals surface area (Å²) in [6, 6.07) is 10.6. The Bertz CT molecular complexity index is 495. The van der Waals surface area contributed by atoms with E-state index in [1.165, 1.54) is 5.56 Å². The van der Waals surface area contributed by atoms with E-state index in [9.17, 15) is 0 Å². The lowest BCUT2D eigenvalue weighted by atomic mass is 10.1. The van der Waals surface area contributed by atoms with Gasteiger partial charge in [0, 0.05) is 12.3 Å². The molecule has 102 valence electrons. The van der Waals surface area contributed by atoms with Gasteiger partial charge in [0.2, 0.25) is 0 Å². The largest absolute Gasteiger partial charge is 0.312 e. The normalized spacial score (nSPS) is 12.8. The Balaban J connectivity index is 2.12. The van der Waals surface area contributed by atoms with Crippen molar-refractivity contribution in [2.24, 2.45) is 7.05 Å². The van der Waals surface area contributed by atoms with Crippen LogP contribution in [0.15, 0.2) is 41.8 Å². The van der Waals surface area contributed by atoms with Crippen LogP contribution in [0.5, 0.6) is 0 Å². The van der Waals surface area contributed by atoms with Crippen molar-refractivity contribution in [1.82, 2.24) is 19.7 Å². The zero-order valence-electron chi connectivity index (χ0n) is 11.7. The number of hydrogen-bond donors (Lipinski definition) is 0. The van der Waals surface area contributed by atoms with Crippen molar-refractivity contribution in [3.8, 4) is 0 Å². The maximum Gasteiger partial charge on any atom is 0.191 e. The Kier molecular flexibility index (Phi) is 4.99. The molecular weight excluding hydrogens is 256 g/mol. The summed E-state index contributed by atoms with van der Waals surface area (Å²) in [6.07, 6.45) is 2.84. The van der Waals surface area contributed by atoms with Gasteiger partial charge in [-0.2, -0.15) is 0 Å². The van der Waals surface area contributed by atoms with Gasteiger partial charge in [-0.3, -0.25) is 0 Å². The van der Waals surface area contributed by atoms with E-state index >= 15 is 0 Å². The summed E-state index contributed by atoms with van der Waals surface area (Å²) in [5.41, 5.74) is 1.34. The molecule has 5 heteroatoms. The second kappa shape index (κ2) is 6.73. The molecule has 0 aliphatic heterocycles. The van der Waals surface area contributed by atoms with Crippen LogP contribution < -0.4 is 0 Å². The molecule has 0 fully saturated rings. The maximum atomic E-state index is 4.17. The highest BCUT2D eigenvalue weighted by Crippen LogP contribution is 2.36. The summed E-state index contributed by atoms with van der Waals surface area (Å²) in [5, 5.41) is 9.49. The summed E-state index contributed by atoms with van der Waals surface area (Å²) >= 11 is 1.78. The van der Waals surface area contributed by atoms with Crippen LogP contribution in [0, 0.1) is 0 Å². The average Bonchev–Trinajstić information content (AvgIpc) is 2.81. The molecule has 0 bridgehead atoms. The molecule has 1 atom stereocenters. The van der Waals surface area contributed by atoms with Crippen molar-refractivity contribution < 1.29 is 0 Å². The van der Waals surface area contributed by atoms with E-state index in [4.69, 9.17) is 0 Å². The Morgan fingerprint density at radius 2 is 2.00 bits per heavy atom. The third-order valence-corrected chi connectivity index (χ3v) is 4.30. The minimum atomic E-state index is 0.409. The molecule has 1 aromatic heterocycles. The second-order valence-corrected chi connectivity index (χ2v) is 6.00. The van der Waals surface area contributed by atoms with Gasteiger partial charge >= 0.3 is 0 Å². The molecule has 2 aromatic rings. The van der Waals surface area contributed by atoms with Gasteiger partial charge in [-0.25, -0.2) is 0 Å². The van der Waals surface area contributed by atoms with E-state index in [0.29, 0.717) is 5.25 Å². The summed E-state index contributed by atoms with van der Waals surface area (Å²) in [7, 11) is 6.19. The van der Waals surface area contributed by atoms with E-state index in [1.54, 1.807) is 18.1 Å². The van der Waals surface area contributed by atoms with Gasteiger partial charge in [-0.05, 0) is 32.6 Å². The van der Waals surface area contributed by atoms with Crippen molar-refractivity contribution in [2.75, 3.05) is 20.6 Å². The lowest BCUT2D eigenvalue weighted by Crippen LogP contribution is -2.15. The fraction of sp³-hybridized carbons (Fsp3) is 0.429. The number of rotatable bonds is 6. The number of aromatic nitrogens is 3. The number of thioether (sulfide) groups is 1. The van der Waals surface area contributed by atoms with E-state index < -0.39 is 0 Å². The average molecular weight is 276 g/mol. The van der Waals surface area contributed by atoms with Crippen LogP contribution in [-0.2, 0) is 7.05 Å². The van der Waals surface area contributed by atoms with Crippen LogP contribution in [0.2, 0.25) is 0 Å². The molecule has 4 nitrogen and oxygen atoms in total. The fourth-order valence-electron chi connectivity index (χ4n) is 1.84. The molecule has 0 amide bonds. The van der Waals surface area contributed by atoms with Gasteiger partial charge in [0.25, 0.3) is 0 Å². The first-order valence-corrected chi connectivity index (χ1v) is 7.25. The number of aryl methyl sites for hydroxylation is 1. The van der Waals surface area contributed by atoms with Gasteiger partial charge in [0.15, 0.2) is 5.16 Å². The summed E-state index contributed by atoms with van der Waals surface area (Å²) in [5.74, 6) is 0. The predicted octanol–water partition coefficient (Wildman–Crippen LogP) is 2.60. The lowest BCUT2D eigenvalue weighted by Gasteiger charge is -2.18. The molecular formula is C14H20N4S. The molecule has 0 spiro atoms. The minimum Gasteiger partial charge on any atom is -0.312 e. The standard InChI is InChI=1S/C14H20N4S/c1-17(2)10-9-13(12-7-5-4-6-8-12)19-14-16-15-11-18(14)3/h4-8,11,13H,9-10H2,1-3H3. The third-order valence-electron chi connectivity index (χ3n) is 2.93. The van der Waals surface area contributed by atoms with Gasteiger partial charge in [0.1, 0.15) is 6.33 Å². The molecule has 0 N–H and O–H groups in total. The summed E-state index contributed by atoms with van der Waals surface area (Å²) in [4.78, 5) is 2.22. The molecule has 2 rings (SSSR count). The molecule has 1 heterocycles. The van der Waals surface area contributed by atoms with Crippen molar-refractivity contribution in [3.63, 3.8) is 0 Å². The zero-order chi connectivity index (χ0) is 13.7. The molecule has 0 saturated heterocycles. The highest BCUT2D eigenvalue weighted by atomic mass is 32.2.